The van der Waals surface area contributed by atoms with Crippen LogP contribution >= 0.6 is 11.6 Å². The van der Waals surface area contributed by atoms with Crippen LogP contribution in [0.2, 0.25) is 5.02 Å². The van der Waals surface area contributed by atoms with E-state index in [1.165, 1.54) is 5.01 Å². The Morgan fingerprint density at radius 3 is 2.53 bits per heavy atom. The van der Waals surface area contributed by atoms with Gasteiger partial charge in [0.2, 0.25) is 0 Å². The molecule has 0 aliphatic rings. The molecular weight excluding hydrogens is 262 g/mol. The van der Waals surface area contributed by atoms with Crippen molar-refractivity contribution in [1.29, 1.82) is 0 Å². The third-order valence-electron chi connectivity index (χ3n) is 1.97. The first-order valence-electron chi connectivity index (χ1n) is 4.99. The minimum atomic E-state index is -3.61. The molecule has 0 bridgehead atoms. The number of sulfonamides is 1. The highest BCUT2D eigenvalue weighted by Gasteiger charge is 2.18. The summed E-state index contributed by atoms with van der Waals surface area (Å²) in [6, 6.07) is 4.93. The number of nitrogens with zero attached hydrogens (tertiary/aromatic N) is 1. The number of hydrogen-bond donors (Lipinski definition) is 2. The second-order valence-corrected chi connectivity index (χ2v) is 5.82. The molecule has 0 radical (unpaired) electrons. The molecule has 0 saturated carbocycles. The summed E-state index contributed by atoms with van der Waals surface area (Å²) in [7, 11) is 1.38. The predicted molar refractivity (Wildman–Crippen MR) is 68.2 cm³/mol. The molecule has 1 rings (SSSR count). The number of hydrazine groups is 1. The van der Waals surface area contributed by atoms with Crippen molar-refractivity contribution in [3.63, 3.8) is 0 Å². The monoisotopic (exact) mass is 277 g/mol. The van der Waals surface area contributed by atoms with E-state index in [1.807, 2.05) is 0 Å². The molecule has 17 heavy (non-hydrogen) atoms. The molecule has 0 aromatic heterocycles. The molecule has 0 heterocycles. The summed E-state index contributed by atoms with van der Waals surface area (Å²) in [4.78, 5) is 2.43. The van der Waals surface area contributed by atoms with Gasteiger partial charge in [0.1, 0.15) is 4.90 Å². The molecule has 0 atom stereocenters. The van der Waals surface area contributed by atoms with Crippen molar-refractivity contribution in [3.8, 4) is 0 Å². The van der Waals surface area contributed by atoms with E-state index in [9.17, 15) is 8.42 Å². The normalized spacial score (nSPS) is 12.1. The van der Waals surface area contributed by atoms with Crippen LogP contribution in [0.1, 0.15) is 5.56 Å². The van der Waals surface area contributed by atoms with Crippen LogP contribution in [-0.4, -0.2) is 34.6 Å². The second kappa shape index (κ2) is 5.79. The van der Waals surface area contributed by atoms with Gasteiger partial charge < -0.3 is 5.32 Å². The zero-order valence-corrected chi connectivity index (χ0v) is 11.6. The first kappa shape index (κ1) is 14.4. The van der Waals surface area contributed by atoms with E-state index >= 15 is 0 Å². The van der Waals surface area contributed by atoms with Gasteiger partial charge in [-0.3, -0.25) is 0 Å². The Labute approximate surface area is 107 Å². The van der Waals surface area contributed by atoms with Gasteiger partial charge in [0, 0.05) is 20.6 Å². The van der Waals surface area contributed by atoms with Crippen molar-refractivity contribution >= 4 is 21.6 Å². The second-order valence-electron chi connectivity index (χ2n) is 3.78. The lowest BCUT2D eigenvalue weighted by atomic mass is 10.2. The first-order chi connectivity index (χ1) is 7.86. The molecule has 0 amide bonds. The fraction of sp³-hybridized carbons (Fsp3) is 0.400. The molecule has 0 unspecified atom stereocenters. The minimum absolute atomic E-state index is 0.0839. The van der Waals surface area contributed by atoms with Crippen molar-refractivity contribution < 1.29 is 8.42 Å². The average molecular weight is 278 g/mol. The molecular formula is C10H16ClN3O2S. The zero-order chi connectivity index (χ0) is 13.1. The lowest BCUT2D eigenvalue weighted by Crippen LogP contribution is -2.36. The van der Waals surface area contributed by atoms with Crippen LogP contribution in [0.4, 0.5) is 0 Å². The molecule has 1 aromatic rings. The summed E-state index contributed by atoms with van der Waals surface area (Å²) in [6.07, 6.45) is 0. The van der Waals surface area contributed by atoms with E-state index in [4.69, 9.17) is 11.6 Å². The van der Waals surface area contributed by atoms with Crippen molar-refractivity contribution in [3.05, 3.63) is 28.8 Å². The number of halogens is 1. The van der Waals surface area contributed by atoms with Crippen LogP contribution in [0.25, 0.3) is 0 Å². The molecule has 0 aliphatic heterocycles. The smallest absolute Gasteiger partial charge is 0.254 e. The zero-order valence-electron chi connectivity index (χ0n) is 9.99. The molecule has 2 N–H and O–H groups in total. The van der Waals surface area contributed by atoms with E-state index in [0.29, 0.717) is 6.54 Å². The van der Waals surface area contributed by atoms with Crippen molar-refractivity contribution in [2.24, 2.45) is 0 Å². The Kier molecular flexibility index (Phi) is 4.91. The molecule has 7 heteroatoms. The Morgan fingerprint density at radius 1 is 1.35 bits per heavy atom. The highest BCUT2D eigenvalue weighted by molar-refractivity contribution is 7.89. The highest BCUT2D eigenvalue weighted by atomic mass is 35.5. The van der Waals surface area contributed by atoms with Gasteiger partial charge in [-0.1, -0.05) is 17.7 Å². The lowest BCUT2D eigenvalue weighted by Gasteiger charge is -2.14. The summed E-state index contributed by atoms with van der Waals surface area (Å²) in [6.45, 7) is 0.585. The third-order valence-corrected chi connectivity index (χ3v) is 3.93. The van der Waals surface area contributed by atoms with E-state index < -0.39 is 10.0 Å². The predicted octanol–water partition coefficient (Wildman–Crippen LogP) is 0.814. The van der Waals surface area contributed by atoms with Crippen molar-refractivity contribution in [1.82, 2.24) is 15.2 Å². The SMILES string of the molecule is CNCc1ccc(Cl)c(S(=O)(=O)NN(C)C)c1. The Morgan fingerprint density at radius 2 is 2.00 bits per heavy atom. The van der Waals surface area contributed by atoms with Gasteiger partial charge in [0.05, 0.1) is 5.02 Å². The van der Waals surface area contributed by atoms with Crippen molar-refractivity contribution in [2.45, 2.75) is 11.4 Å². The van der Waals surface area contributed by atoms with Gasteiger partial charge in [-0.2, -0.15) is 0 Å². The van der Waals surface area contributed by atoms with Crippen LogP contribution in [-0.2, 0) is 16.6 Å². The van der Waals surface area contributed by atoms with Gasteiger partial charge in [-0.15, -0.1) is 4.83 Å². The largest absolute Gasteiger partial charge is 0.316 e. The highest BCUT2D eigenvalue weighted by Crippen LogP contribution is 2.22. The molecule has 1 aromatic carbocycles. The minimum Gasteiger partial charge on any atom is -0.316 e. The Hall–Kier alpha value is -0.660. The number of benzene rings is 1. The fourth-order valence-electron chi connectivity index (χ4n) is 1.36. The van der Waals surface area contributed by atoms with Gasteiger partial charge in [0.15, 0.2) is 0 Å². The standard InChI is InChI=1S/C10H16ClN3O2S/c1-12-7-8-4-5-9(11)10(6-8)17(15,16)13-14(2)3/h4-6,12-13H,7H2,1-3H3. The topological polar surface area (TPSA) is 61.4 Å². The van der Waals surface area contributed by atoms with Crippen LogP contribution in [0.15, 0.2) is 23.1 Å². The molecule has 0 aliphatic carbocycles. The summed E-state index contributed by atoms with van der Waals surface area (Å²) < 4.78 is 23.9. The maximum Gasteiger partial charge on any atom is 0.254 e. The summed E-state index contributed by atoms with van der Waals surface area (Å²) in [5, 5.41) is 4.52. The number of hydrogen-bond acceptors (Lipinski definition) is 4. The van der Waals surface area contributed by atoms with Crippen molar-refractivity contribution in [2.75, 3.05) is 21.1 Å². The van der Waals surface area contributed by atoms with E-state index in [1.54, 1.807) is 39.3 Å². The third kappa shape index (κ3) is 3.93. The van der Waals surface area contributed by atoms with Gasteiger partial charge >= 0.3 is 0 Å². The molecule has 96 valence electrons. The quantitative estimate of drug-likeness (QED) is 0.782. The van der Waals surface area contributed by atoms with Crippen LogP contribution < -0.4 is 10.1 Å². The van der Waals surface area contributed by atoms with Crippen LogP contribution in [0.5, 0.6) is 0 Å². The van der Waals surface area contributed by atoms with Gasteiger partial charge in [-0.25, -0.2) is 13.4 Å². The molecule has 0 spiro atoms. The first-order valence-corrected chi connectivity index (χ1v) is 6.85. The maximum absolute atomic E-state index is 12.0. The maximum atomic E-state index is 12.0. The summed E-state index contributed by atoms with van der Waals surface area (Å²) in [5.41, 5.74) is 0.857. The summed E-state index contributed by atoms with van der Waals surface area (Å²) >= 11 is 5.91. The molecule has 0 saturated heterocycles. The number of rotatable bonds is 5. The fourth-order valence-corrected chi connectivity index (χ4v) is 2.99. The Balaban J connectivity index is 3.16. The Bertz CT molecular complexity index is 488. The van der Waals surface area contributed by atoms with Gasteiger partial charge in [-0.05, 0) is 24.7 Å². The average Bonchev–Trinajstić information content (AvgIpc) is 2.19. The van der Waals surface area contributed by atoms with Crippen LogP contribution in [0, 0.1) is 0 Å². The lowest BCUT2D eigenvalue weighted by molar-refractivity contribution is 0.364. The van der Waals surface area contributed by atoms with E-state index in [2.05, 4.69) is 10.1 Å². The van der Waals surface area contributed by atoms with E-state index in [0.717, 1.165) is 5.56 Å². The summed E-state index contributed by atoms with van der Waals surface area (Å²) in [5.74, 6) is 0. The number of nitrogens with one attached hydrogen (secondary N) is 2. The van der Waals surface area contributed by atoms with Gasteiger partial charge in [0.25, 0.3) is 10.0 Å². The molecule has 0 fully saturated rings. The van der Waals surface area contributed by atoms with Crippen LogP contribution in [0.3, 0.4) is 0 Å². The molecule has 5 nitrogen and oxygen atoms in total. The van der Waals surface area contributed by atoms with E-state index in [-0.39, 0.29) is 9.92 Å².